The number of fused-ring (bicyclic) bond motifs is 1. The van der Waals surface area contributed by atoms with Gasteiger partial charge in [-0.1, -0.05) is 42.5 Å². The minimum Gasteiger partial charge on any atom is -0.493 e. The number of benzene rings is 3. The number of carbonyl (C=O) groups is 2. The molecule has 0 spiro atoms. The Morgan fingerprint density at radius 2 is 1.62 bits per heavy atom. The van der Waals surface area contributed by atoms with Crippen molar-refractivity contribution >= 4 is 34.5 Å². The molecule has 0 atom stereocenters. The summed E-state index contributed by atoms with van der Waals surface area (Å²) in [5.41, 5.74) is 5.00. The third kappa shape index (κ3) is 4.73. The molecule has 34 heavy (non-hydrogen) atoms. The van der Waals surface area contributed by atoms with Crippen molar-refractivity contribution in [1.29, 1.82) is 0 Å². The van der Waals surface area contributed by atoms with E-state index in [2.05, 4.69) is 10.6 Å². The minimum absolute atomic E-state index is 0.207. The molecule has 1 amide bonds. The molecule has 7 nitrogen and oxygen atoms in total. The van der Waals surface area contributed by atoms with Gasteiger partial charge in [-0.15, -0.1) is 0 Å². The van der Waals surface area contributed by atoms with Crippen LogP contribution in [0.25, 0.3) is 11.3 Å². The molecule has 0 aromatic heterocycles. The average molecular weight is 459 g/mol. The number of esters is 1. The largest absolute Gasteiger partial charge is 0.493 e. The molecule has 0 aliphatic carbocycles. The third-order valence-corrected chi connectivity index (χ3v) is 5.46. The predicted molar refractivity (Wildman–Crippen MR) is 132 cm³/mol. The molecule has 1 aliphatic rings. The zero-order valence-corrected chi connectivity index (χ0v) is 19.3. The van der Waals surface area contributed by atoms with Gasteiger partial charge in [0.15, 0.2) is 11.5 Å². The van der Waals surface area contributed by atoms with Gasteiger partial charge in [-0.2, -0.15) is 0 Å². The van der Waals surface area contributed by atoms with E-state index in [9.17, 15) is 9.59 Å². The highest BCUT2D eigenvalue weighted by molar-refractivity contribution is 6.37. The Kier molecular flexibility index (Phi) is 6.82. The number of nitrogens with one attached hydrogen (secondary N) is 2. The molecule has 1 heterocycles. The lowest BCUT2D eigenvalue weighted by Crippen LogP contribution is -2.10. The van der Waals surface area contributed by atoms with Crippen LogP contribution in [0.3, 0.4) is 0 Å². The molecule has 0 unspecified atom stereocenters. The number of anilines is 2. The molecule has 0 radical (unpaired) electrons. The van der Waals surface area contributed by atoms with Crippen LogP contribution in [0.4, 0.5) is 11.4 Å². The van der Waals surface area contributed by atoms with Gasteiger partial charge in [-0.3, -0.25) is 9.59 Å². The Hall–Kier alpha value is -4.26. The second kappa shape index (κ2) is 10.1. The van der Waals surface area contributed by atoms with E-state index in [1.165, 1.54) is 0 Å². The highest BCUT2D eigenvalue weighted by atomic mass is 16.5. The molecule has 0 bridgehead atoms. The van der Waals surface area contributed by atoms with E-state index in [1.54, 1.807) is 33.3 Å². The zero-order chi connectivity index (χ0) is 24.1. The number of methoxy groups -OCH3 is 2. The van der Waals surface area contributed by atoms with Gasteiger partial charge in [0.25, 0.3) is 5.91 Å². The summed E-state index contributed by atoms with van der Waals surface area (Å²) in [4.78, 5) is 24.9. The van der Waals surface area contributed by atoms with Gasteiger partial charge in [0.1, 0.15) is 0 Å². The van der Waals surface area contributed by atoms with E-state index >= 15 is 0 Å². The summed E-state index contributed by atoms with van der Waals surface area (Å²) >= 11 is 0. The quantitative estimate of drug-likeness (QED) is 0.375. The van der Waals surface area contributed by atoms with Crippen LogP contribution in [0.1, 0.15) is 23.6 Å². The van der Waals surface area contributed by atoms with Gasteiger partial charge < -0.3 is 24.8 Å². The van der Waals surface area contributed by atoms with Crippen molar-refractivity contribution in [3.8, 4) is 11.5 Å². The van der Waals surface area contributed by atoms with Crippen LogP contribution in [-0.4, -0.2) is 32.7 Å². The molecular weight excluding hydrogens is 432 g/mol. The van der Waals surface area contributed by atoms with Crippen molar-refractivity contribution in [2.45, 2.75) is 13.3 Å². The molecular formula is C27H26N2O5. The van der Waals surface area contributed by atoms with Gasteiger partial charge in [-0.25, -0.2) is 0 Å². The van der Waals surface area contributed by atoms with Crippen molar-refractivity contribution in [3.63, 3.8) is 0 Å². The minimum atomic E-state index is -0.265. The summed E-state index contributed by atoms with van der Waals surface area (Å²) in [5, 5.41) is 6.34. The number of hydrogen-bond acceptors (Lipinski definition) is 6. The van der Waals surface area contributed by atoms with Crippen LogP contribution in [0, 0.1) is 0 Å². The molecule has 0 fully saturated rings. The van der Waals surface area contributed by atoms with Crippen LogP contribution < -0.4 is 20.1 Å². The molecule has 2 N–H and O–H groups in total. The zero-order valence-electron chi connectivity index (χ0n) is 19.3. The van der Waals surface area contributed by atoms with Gasteiger partial charge in [0.05, 0.1) is 44.2 Å². The fourth-order valence-corrected chi connectivity index (χ4v) is 3.86. The lowest BCUT2D eigenvalue weighted by atomic mass is 9.99. The maximum atomic E-state index is 13.1. The van der Waals surface area contributed by atoms with Crippen molar-refractivity contribution in [2.75, 3.05) is 31.5 Å². The number of rotatable bonds is 8. The standard InChI is InChI=1S/C27H26N2O5/c1-4-34-24(30)14-17-10-12-19(13-11-17)28-26(18-8-6-5-7-9-18)25-20-15-22(32-2)23(33-3)16-21(20)29-27(25)31/h5-13,15-16,28H,4,14H2,1-3H3,(H,29,31)/b26-25-. The molecule has 3 aromatic carbocycles. The van der Waals surface area contributed by atoms with Gasteiger partial charge in [-0.05, 0) is 36.2 Å². The van der Waals surface area contributed by atoms with E-state index in [1.807, 2.05) is 54.6 Å². The van der Waals surface area contributed by atoms with Gasteiger partial charge in [0, 0.05) is 17.3 Å². The number of carbonyl (C=O) groups excluding carboxylic acids is 2. The molecule has 174 valence electrons. The SMILES string of the molecule is CCOC(=O)Cc1ccc(N/C(=C2\C(=O)Nc3cc(OC)c(OC)cc32)c2ccccc2)cc1. The number of hydrogen-bond donors (Lipinski definition) is 2. The molecule has 3 aromatic rings. The third-order valence-electron chi connectivity index (χ3n) is 5.46. The first kappa shape index (κ1) is 22.9. The average Bonchev–Trinajstić information content (AvgIpc) is 3.17. The summed E-state index contributed by atoms with van der Waals surface area (Å²) in [7, 11) is 3.12. The topological polar surface area (TPSA) is 85.9 Å². The molecule has 0 saturated carbocycles. The summed E-state index contributed by atoms with van der Waals surface area (Å²) < 4.78 is 15.9. The fraction of sp³-hybridized carbons (Fsp3) is 0.185. The van der Waals surface area contributed by atoms with Crippen LogP contribution in [-0.2, 0) is 20.7 Å². The Morgan fingerprint density at radius 1 is 0.941 bits per heavy atom. The van der Waals surface area contributed by atoms with Crippen molar-refractivity contribution < 1.29 is 23.8 Å². The number of ether oxygens (including phenoxy) is 3. The monoisotopic (exact) mass is 458 g/mol. The maximum absolute atomic E-state index is 13.1. The number of amides is 1. The maximum Gasteiger partial charge on any atom is 0.310 e. The lowest BCUT2D eigenvalue weighted by Gasteiger charge is -2.16. The second-order valence-electron chi connectivity index (χ2n) is 7.63. The van der Waals surface area contributed by atoms with E-state index in [0.29, 0.717) is 40.6 Å². The second-order valence-corrected chi connectivity index (χ2v) is 7.63. The van der Waals surface area contributed by atoms with Crippen molar-refractivity contribution in [1.82, 2.24) is 0 Å². The molecule has 7 heteroatoms. The normalized spacial score (nSPS) is 13.6. The summed E-state index contributed by atoms with van der Waals surface area (Å²) in [5.74, 6) is 0.578. The van der Waals surface area contributed by atoms with Crippen LogP contribution in [0.5, 0.6) is 11.5 Å². The van der Waals surface area contributed by atoms with Gasteiger partial charge in [0.2, 0.25) is 0 Å². The lowest BCUT2D eigenvalue weighted by molar-refractivity contribution is -0.142. The Labute approximate surface area is 198 Å². The van der Waals surface area contributed by atoms with Gasteiger partial charge >= 0.3 is 5.97 Å². The van der Waals surface area contributed by atoms with E-state index in [0.717, 1.165) is 16.8 Å². The molecule has 1 aliphatic heterocycles. The van der Waals surface area contributed by atoms with Crippen LogP contribution >= 0.6 is 0 Å². The smallest absolute Gasteiger partial charge is 0.310 e. The fourth-order valence-electron chi connectivity index (χ4n) is 3.86. The van der Waals surface area contributed by atoms with E-state index in [4.69, 9.17) is 14.2 Å². The highest BCUT2D eigenvalue weighted by Gasteiger charge is 2.30. The first-order valence-electron chi connectivity index (χ1n) is 10.9. The Bertz CT molecular complexity index is 1230. The molecule has 0 saturated heterocycles. The molecule has 4 rings (SSSR count). The van der Waals surface area contributed by atoms with Crippen LogP contribution in [0.15, 0.2) is 66.7 Å². The highest BCUT2D eigenvalue weighted by Crippen LogP contribution is 2.43. The first-order chi connectivity index (χ1) is 16.5. The van der Waals surface area contributed by atoms with E-state index < -0.39 is 0 Å². The Balaban J connectivity index is 1.76. The summed E-state index contributed by atoms with van der Waals surface area (Å²) in [6.45, 7) is 2.14. The van der Waals surface area contributed by atoms with Crippen molar-refractivity contribution in [3.05, 3.63) is 83.4 Å². The first-order valence-corrected chi connectivity index (χ1v) is 10.9. The summed E-state index contributed by atoms with van der Waals surface area (Å²) in [6, 6.07) is 20.7. The predicted octanol–water partition coefficient (Wildman–Crippen LogP) is 4.74. The van der Waals surface area contributed by atoms with E-state index in [-0.39, 0.29) is 18.3 Å². The van der Waals surface area contributed by atoms with Crippen molar-refractivity contribution in [2.24, 2.45) is 0 Å². The summed E-state index contributed by atoms with van der Waals surface area (Å²) in [6.07, 6.45) is 0.207. The van der Waals surface area contributed by atoms with Crippen LogP contribution in [0.2, 0.25) is 0 Å². The Morgan fingerprint density at radius 3 is 2.26 bits per heavy atom.